The Kier molecular flexibility index (Phi) is 11.8. The SMILES string of the molecule is CCCCCCCCCCCCCC[C@H]1OC(c2ccccc2)N[C@H]2COC(c3ccccc3)O[C@@H]21. The van der Waals surface area contributed by atoms with E-state index in [2.05, 4.69) is 54.7 Å². The van der Waals surface area contributed by atoms with Crippen LogP contribution in [0.1, 0.15) is 114 Å². The molecule has 2 heterocycles. The van der Waals surface area contributed by atoms with Gasteiger partial charge in [0.2, 0.25) is 0 Å². The van der Waals surface area contributed by atoms with Gasteiger partial charge in [-0.15, -0.1) is 0 Å². The molecule has 0 amide bonds. The number of rotatable bonds is 15. The van der Waals surface area contributed by atoms with Gasteiger partial charge in [0, 0.05) is 5.56 Å². The largest absolute Gasteiger partial charge is 0.353 e. The number of hydrogen-bond acceptors (Lipinski definition) is 4. The fourth-order valence-electron chi connectivity index (χ4n) is 5.54. The summed E-state index contributed by atoms with van der Waals surface area (Å²) in [6, 6.07) is 20.9. The average molecular weight is 494 g/mol. The molecule has 0 spiro atoms. The third kappa shape index (κ3) is 8.41. The first kappa shape index (κ1) is 27.3. The highest BCUT2D eigenvalue weighted by atomic mass is 16.7. The minimum Gasteiger partial charge on any atom is -0.353 e. The van der Waals surface area contributed by atoms with Gasteiger partial charge in [0.25, 0.3) is 0 Å². The Morgan fingerprint density at radius 3 is 1.83 bits per heavy atom. The molecule has 2 saturated heterocycles. The first-order chi connectivity index (χ1) is 17.8. The van der Waals surface area contributed by atoms with Crippen LogP contribution in [0.2, 0.25) is 0 Å². The van der Waals surface area contributed by atoms with Crippen LogP contribution in [0.3, 0.4) is 0 Å². The maximum Gasteiger partial charge on any atom is 0.184 e. The van der Waals surface area contributed by atoms with Gasteiger partial charge in [-0.3, -0.25) is 5.32 Å². The van der Waals surface area contributed by atoms with Gasteiger partial charge in [-0.05, 0) is 12.0 Å². The Balaban J connectivity index is 1.23. The van der Waals surface area contributed by atoms with Gasteiger partial charge in [0.1, 0.15) is 12.3 Å². The molecule has 4 nitrogen and oxygen atoms in total. The molecular formula is C32H47NO3. The normalized spacial score (nSPS) is 26.0. The zero-order valence-corrected chi connectivity index (χ0v) is 22.3. The summed E-state index contributed by atoms with van der Waals surface area (Å²) < 4.78 is 19.3. The molecule has 2 aromatic carbocycles. The lowest BCUT2D eigenvalue weighted by atomic mass is 9.95. The molecule has 4 rings (SSSR count). The molecule has 2 aromatic rings. The van der Waals surface area contributed by atoms with E-state index in [1.165, 1.54) is 82.6 Å². The minimum absolute atomic E-state index is 0.00312. The number of benzene rings is 2. The van der Waals surface area contributed by atoms with E-state index in [4.69, 9.17) is 14.2 Å². The van der Waals surface area contributed by atoms with Gasteiger partial charge in [0.05, 0.1) is 18.8 Å². The third-order valence-corrected chi connectivity index (χ3v) is 7.66. The number of fused-ring (bicyclic) bond motifs is 1. The molecule has 0 aromatic heterocycles. The topological polar surface area (TPSA) is 39.7 Å². The van der Waals surface area contributed by atoms with Gasteiger partial charge < -0.3 is 14.2 Å². The lowest BCUT2D eigenvalue weighted by Crippen LogP contribution is -2.60. The molecule has 5 atom stereocenters. The Bertz CT molecular complexity index is 830. The standard InChI is InChI=1S/C32H47NO3/c1-2-3-4-5-6-7-8-9-10-11-12-19-24-29-30-28(33-31(35-29)26-20-15-13-16-21-26)25-34-32(36-30)27-22-17-14-18-23-27/h13-18,20-23,28-33H,2-12,19,24-25H2,1H3/t28-,29+,30-,31?,32?/m0/s1. The average Bonchev–Trinajstić information content (AvgIpc) is 2.94. The van der Waals surface area contributed by atoms with Crippen molar-refractivity contribution in [1.82, 2.24) is 5.32 Å². The zero-order valence-electron chi connectivity index (χ0n) is 22.3. The first-order valence-corrected chi connectivity index (χ1v) is 14.6. The second kappa shape index (κ2) is 15.5. The van der Waals surface area contributed by atoms with E-state index in [9.17, 15) is 0 Å². The van der Waals surface area contributed by atoms with Crippen LogP contribution in [0.15, 0.2) is 60.7 Å². The van der Waals surface area contributed by atoms with Gasteiger partial charge in [-0.2, -0.15) is 0 Å². The van der Waals surface area contributed by atoms with Crippen molar-refractivity contribution < 1.29 is 14.2 Å². The second-order valence-corrected chi connectivity index (χ2v) is 10.6. The Morgan fingerprint density at radius 1 is 0.667 bits per heavy atom. The minimum atomic E-state index is -0.324. The van der Waals surface area contributed by atoms with Crippen LogP contribution < -0.4 is 5.32 Å². The number of unbranched alkanes of at least 4 members (excludes halogenated alkanes) is 11. The lowest BCUT2D eigenvalue weighted by molar-refractivity contribution is -0.285. The molecule has 2 fully saturated rings. The monoisotopic (exact) mass is 493 g/mol. The van der Waals surface area contributed by atoms with E-state index in [1.807, 2.05) is 18.2 Å². The first-order valence-electron chi connectivity index (χ1n) is 14.6. The van der Waals surface area contributed by atoms with Crippen molar-refractivity contribution in [2.45, 2.75) is 121 Å². The number of ether oxygens (including phenoxy) is 3. The molecule has 0 bridgehead atoms. The van der Waals surface area contributed by atoms with E-state index in [0.717, 1.165) is 12.0 Å². The summed E-state index contributed by atoms with van der Waals surface area (Å²) in [6.45, 7) is 2.92. The van der Waals surface area contributed by atoms with Crippen LogP contribution in [0, 0.1) is 0 Å². The predicted molar refractivity (Wildman–Crippen MR) is 147 cm³/mol. The summed E-state index contributed by atoms with van der Waals surface area (Å²) in [4.78, 5) is 0. The molecule has 4 heteroatoms. The van der Waals surface area contributed by atoms with Crippen LogP contribution >= 0.6 is 0 Å². The summed E-state index contributed by atoms with van der Waals surface area (Å²) in [5.41, 5.74) is 2.24. The maximum atomic E-state index is 6.63. The highest BCUT2D eigenvalue weighted by Gasteiger charge is 2.44. The van der Waals surface area contributed by atoms with Crippen LogP contribution in [0.25, 0.3) is 0 Å². The summed E-state index contributed by atoms with van der Waals surface area (Å²) in [7, 11) is 0. The Hall–Kier alpha value is -1.72. The molecule has 36 heavy (non-hydrogen) atoms. The van der Waals surface area contributed by atoms with Crippen molar-refractivity contribution in [3.63, 3.8) is 0 Å². The molecular weight excluding hydrogens is 446 g/mol. The van der Waals surface area contributed by atoms with Crippen molar-refractivity contribution in [3.8, 4) is 0 Å². The van der Waals surface area contributed by atoms with Crippen LogP contribution in [0.4, 0.5) is 0 Å². The summed E-state index contributed by atoms with van der Waals surface area (Å²) in [6.07, 6.45) is 17.0. The fraction of sp³-hybridized carbons (Fsp3) is 0.625. The summed E-state index contributed by atoms with van der Waals surface area (Å²) in [5, 5.41) is 3.65. The molecule has 1 N–H and O–H groups in total. The van der Waals surface area contributed by atoms with Crippen molar-refractivity contribution in [2.75, 3.05) is 6.61 Å². The number of nitrogens with one attached hydrogen (secondary N) is 1. The predicted octanol–water partition coefficient (Wildman–Crippen LogP) is 8.25. The van der Waals surface area contributed by atoms with Gasteiger partial charge in [-0.1, -0.05) is 145 Å². The van der Waals surface area contributed by atoms with E-state index >= 15 is 0 Å². The molecule has 2 aliphatic rings. The lowest BCUT2D eigenvalue weighted by Gasteiger charge is -2.47. The summed E-state index contributed by atoms with van der Waals surface area (Å²) in [5.74, 6) is 0. The molecule has 2 aliphatic heterocycles. The fourth-order valence-corrected chi connectivity index (χ4v) is 5.54. The molecule has 2 unspecified atom stereocenters. The maximum absolute atomic E-state index is 6.63. The molecule has 0 aliphatic carbocycles. The molecule has 198 valence electrons. The zero-order chi connectivity index (χ0) is 24.8. The smallest absolute Gasteiger partial charge is 0.184 e. The van der Waals surface area contributed by atoms with E-state index in [-0.39, 0.29) is 30.8 Å². The third-order valence-electron chi connectivity index (χ3n) is 7.66. The van der Waals surface area contributed by atoms with Gasteiger partial charge in [0.15, 0.2) is 6.29 Å². The van der Waals surface area contributed by atoms with Gasteiger partial charge >= 0.3 is 0 Å². The van der Waals surface area contributed by atoms with Crippen molar-refractivity contribution in [2.24, 2.45) is 0 Å². The van der Waals surface area contributed by atoms with Gasteiger partial charge in [-0.25, -0.2) is 0 Å². The van der Waals surface area contributed by atoms with Crippen molar-refractivity contribution >= 4 is 0 Å². The highest BCUT2D eigenvalue weighted by molar-refractivity contribution is 5.19. The van der Waals surface area contributed by atoms with E-state index in [1.54, 1.807) is 0 Å². The highest BCUT2D eigenvalue weighted by Crippen LogP contribution is 2.36. The quantitative estimate of drug-likeness (QED) is 0.254. The van der Waals surface area contributed by atoms with Crippen molar-refractivity contribution in [1.29, 1.82) is 0 Å². The van der Waals surface area contributed by atoms with E-state index in [0.29, 0.717) is 6.61 Å². The molecule has 0 saturated carbocycles. The summed E-state index contributed by atoms with van der Waals surface area (Å²) >= 11 is 0. The van der Waals surface area contributed by atoms with E-state index < -0.39 is 0 Å². The van der Waals surface area contributed by atoms with Crippen molar-refractivity contribution in [3.05, 3.63) is 71.8 Å². The Labute approximate surface area is 219 Å². The second-order valence-electron chi connectivity index (χ2n) is 10.6. The van der Waals surface area contributed by atoms with Crippen LogP contribution in [-0.4, -0.2) is 24.9 Å². The van der Waals surface area contributed by atoms with Crippen LogP contribution in [0.5, 0.6) is 0 Å². The Morgan fingerprint density at radius 2 is 1.22 bits per heavy atom. The van der Waals surface area contributed by atoms with Crippen LogP contribution in [-0.2, 0) is 14.2 Å². The molecule has 0 radical (unpaired) electrons. The number of hydrogen-bond donors (Lipinski definition) is 1.